The fraction of sp³-hybridized carbons (Fsp3) is 0.222. The van der Waals surface area contributed by atoms with E-state index in [1.165, 1.54) is 12.1 Å². The maximum absolute atomic E-state index is 12.5. The first-order chi connectivity index (χ1) is 11.8. The first kappa shape index (κ1) is 17.4. The molecule has 25 heavy (non-hydrogen) atoms. The summed E-state index contributed by atoms with van der Waals surface area (Å²) in [7, 11) is 0. The second-order valence-corrected chi connectivity index (χ2v) is 6.85. The summed E-state index contributed by atoms with van der Waals surface area (Å²) >= 11 is 1.57. The highest BCUT2D eigenvalue weighted by molar-refractivity contribution is 7.18. The van der Waals surface area contributed by atoms with Crippen molar-refractivity contribution in [2.75, 3.05) is 6.54 Å². The molecule has 0 aliphatic carbocycles. The maximum Gasteiger partial charge on any atom is 0.416 e. The number of hydrogen-bond acceptors (Lipinski definition) is 3. The first-order valence-corrected chi connectivity index (χ1v) is 8.46. The first-order valence-electron chi connectivity index (χ1n) is 7.64. The van der Waals surface area contributed by atoms with E-state index in [0.29, 0.717) is 18.5 Å². The second-order valence-electron chi connectivity index (χ2n) is 5.62. The summed E-state index contributed by atoms with van der Waals surface area (Å²) in [6, 6.07) is 10.3. The summed E-state index contributed by atoms with van der Waals surface area (Å²) < 4.78 is 38.6. The van der Waals surface area contributed by atoms with Crippen molar-refractivity contribution in [1.29, 1.82) is 0 Å². The smallest absolute Gasteiger partial charge is 0.352 e. The molecule has 1 amide bonds. The van der Waals surface area contributed by atoms with Gasteiger partial charge in [0.25, 0.3) is 5.91 Å². The Balaban J connectivity index is 1.58. The van der Waals surface area contributed by atoms with Crippen LogP contribution in [0, 0.1) is 6.92 Å². The van der Waals surface area contributed by atoms with Crippen LogP contribution in [0.25, 0.3) is 10.2 Å². The minimum Gasteiger partial charge on any atom is -0.352 e. The lowest BCUT2D eigenvalue weighted by atomic mass is 10.1. The molecule has 0 bridgehead atoms. The van der Waals surface area contributed by atoms with Crippen molar-refractivity contribution in [3.63, 3.8) is 0 Å². The van der Waals surface area contributed by atoms with Crippen molar-refractivity contribution in [3.05, 3.63) is 64.2 Å². The van der Waals surface area contributed by atoms with Crippen molar-refractivity contribution in [1.82, 2.24) is 10.3 Å². The molecule has 0 aliphatic rings. The number of alkyl halides is 3. The second kappa shape index (κ2) is 6.84. The van der Waals surface area contributed by atoms with Gasteiger partial charge >= 0.3 is 6.18 Å². The summed E-state index contributed by atoms with van der Waals surface area (Å²) in [6.07, 6.45) is -3.87. The summed E-state index contributed by atoms with van der Waals surface area (Å²) in [5.74, 6) is -0.223. The molecular formula is C18H15F3N2OS. The monoisotopic (exact) mass is 364 g/mol. The van der Waals surface area contributed by atoms with Crippen LogP contribution in [0.1, 0.15) is 26.5 Å². The van der Waals surface area contributed by atoms with Gasteiger partial charge in [-0.2, -0.15) is 13.2 Å². The van der Waals surface area contributed by atoms with Gasteiger partial charge in [-0.25, -0.2) is 4.98 Å². The fourth-order valence-electron chi connectivity index (χ4n) is 2.47. The molecule has 1 aromatic heterocycles. The van der Waals surface area contributed by atoms with Gasteiger partial charge in [0.05, 0.1) is 20.8 Å². The molecule has 3 aromatic rings. The van der Waals surface area contributed by atoms with Crippen LogP contribution in [0.2, 0.25) is 0 Å². The number of amides is 1. The minimum absolute atomic E-state index is 0.223. The van der Waals surface area contributed by atoms with Crippen molar-refractivity contribution < 1.29 is 18.0 Å². The van der Waals surface area contributed by atoms with Crippen LogP contribution in [-0.2, 0) is 12.6 Å². The van der Waals surface area contributed by atoms with Gasteiger partial charge in [-0.05, 0) is 49.2 Å². The van der Waals surface area contributed by atoms with Gasteiger partial charge in [-0.1, -0.05) is 12.1 Å². The van der Waals surface area contributed by atoms with E-state index in [1.54, 1.807) is 23.5 Å². The summed E-state index contributed by atoms with van der Waals surface area (Å²) in [5, 5.41) is 3.72. The van der Waals surface area contributed by atoms with Crippen LogP contribution >= 0.6 is 11.3 Å². The average Bonchev–Trinajstić information content (AvgIpc) is 2.93. The molecule has 0 unspecified atom stereocenters. The van der Waals surface area contributed by atoms with Gasteiger partial charge in [0, 0.05) is 12.1 Å². The zero-order valence-electron chi connectivity index (χ0n) is 13.4. The Kier molecular flexibility index (Phi) is 4.76. The highest BCUT2D eigenvalue weighted by Gasteiger charge is 2.29. The predicted octanol–water partition coefficient (Wildman–Crippen LogP) is 4.60. The lowest BCUT2D eigenvalue weighted by molar-refractivity contribution is -0.137. The third-order valence-electron chi connectivity index (χ3n) is 3.74. The van der Waals surface area contributed by atoms with Gasteiger partial charge < -0.3 is 5.32 Å². The largest absolute Gasteiger partial charge is 0.416 e. The van der Waals surface area contributed by atoms with Gasteiger partial charge in [0.2, 0.25) is 0 Å². The molecule has 1 heterocycles. The summed E-state index contributed by atoms with van der Waals surface area (Å²) in [6.45, 7) is 2.26. The number of nitrogens with zero attached hydrogens (tertiary/aromatic N) is 1. The van der Waals surface area contributed by atoms with Gasteiger partial charge in [-0.3, -0.25) is 4.79 Å². The number of aromatic nitrogens is 1. The quantitative estimate of drug-likeness (QED) is 0.735. The normalized spacial score (nSPS) is 11.7. The Bertz CT molecular complexity index is 901. The summed E-state index contributed by atoms with van der Waals surface area (Å²) in [4.78, 5) is 16.5. The van der Waals surface area contributed by atoms with Crippen LogP contribution in [0.3, 0.4) is 0 Å². The summed E-state index contributed by atoms with van der Waals surface area (Å²) in [5.41, 5.74) is 1.37. The van der Waals surface area contributed by atoms with Crippen LogP contribution in [0.15, 0.2) is 42.5 Å². The van der Waals surface area contributed by atoms with Crippen LogP contribution in [-0.4, -0.2) is 17.4 Å². The SMILES string of the molecule is Cc1nc2cc(C(=O)NCCc3ccc(C(F)(F)F)cc3)ccc2s1. The molecule has 1 N–H and O–H groups in total. The molecule has 2 aromatic carbocycles. The minimum atomic E-state index is -4.33. The molecule has 0 saturated heterocycles. The number of halogens is 3. The van der Waals surface area contributed by atoms with E-state index in [4.69, 9.17) is 0 Å². The number of aryl methyl sites for hydroxylation is 1. The van der Waals surface area contributed by atoms with Crippen molar-refractivity contribution in [2.24, 2.45) is 0 Å². The number of thiazole rings is 1. The lowest BCUT2D eigenvalue weighted by Crippen LogP contribution is -2.25. The Labute approximate surface area is 146 Å². The molecule has 0 radical (unpaired) electrons. The molecule has 0 spiro atoms. The number of carbonyl (C=O) groups excluding carboxylic acids is 1. The van der Waals surface area contributed by atoms with Crippen molar-refractivity contribution >= 4 is 27.5 Å². The average molecular weight is 364 g/mol. The molecule has 3 rings (SSSR count). The molecule has 0 saturated carbocycles. The molecule has 3 nitrogen and oxygen atoms in total. The fourth-order valence-corrected chi connectivity index (χ4v) is 3.27. The molecular weight excluding hydrogens is 349 g/mol. The Hall–Kier alpha value is -2.41. The molecule has 0 atom stereocenters. The van der Waals surface area contributed by atoms with E-state index in [2.05, 4.69) is 10.3 Å². The van der Waals surface area contributed by atoms with E-state index in [-0.39, 0.29) is 5.91 Å². The number of carbonyl (C=O) groups is 1. The third-order valence-corrected chi connectivity index (χ3v) is 4.69. The third kappa shape index (κ3) is 4.17. The Morgan fingerprint density at radius 3 is 2.56 bits per heavy atom. The molecule has 130 valence electrons. The van der Waals surface area contributed by atoms with Crippen LogP contribution in [0.4, 0.5) is 13.2 Å². The highest BCUT2D eigenvalue weighted by atomic mass is 32.1. The zero-order chi connectivity index (χ0) is 18.0. The van der Waals surface area contributed by atoms with Crippen LogP contribution in [0.5, 0.6) is 0 Å². The van der Waals surface area contributed by atoms with E-state index >= 15 is 0 Å². The number of rotatable bonds is 4. The predicted molar refractivity (Wildman–Crippen MR) is 91.8 cm³/mol. The lowest BCUT2D eigenvalue weighted by Gasteiger charge is -2.08. The maximum atomic E-state index is 12.5. The van der Waals surface area contributed by atoms with E-state index in [1.807, 2.05) is 13.0 Å². The number of benzene rings is 2. The van der Waals surface area contributed by atoms with Gasteiger partial charge in [0.15, 0.2) is 0 Å². The van der Waals surface area contributed by atoms with Gasteiger partial charge in [-0.15, -0.1) is 11.3 Å². The Morgan fingerprint density at radius 2 is 1.88 bits per heavy atom. The van der Waals surface area contributed by atoms with E-state index < -0.39 is 11.7 Å². The number of nitrogens with one attached hydrogen (secondary N) is 1. The molecule has 0 fully saturated rings. The van der Waals surface area contributed by atoms with Crippen LogP contribution < -0.4 is 5.32 Å². The van der Waals surface area contributed by atoms with E-state index in [0.717, 1.165) is 32.9 Å². The standard InChI is InChI=1S/C18H15F3N2OS/c1-11-23-15-10-13(4-7-16(15)25-11)17(24)22-9-8-12-2-5-14(6-3-12)18(19,20)21/h2-7,10H,8-9H2,1H3,(H,22,24). The highest BCUT2D eigenvalue weighted by Crippen LogP contribution is 2.29. The Morgan fingerprint density at radius 1 is 1.16 bits per heavy atom. The number of fused-ring (bicyclic) bond motifs is 1. The molecule has 7 heteroatoms. The van der Waals surface area contributed by atoms with Crippen molar-refractivity contribution in [2.45, 2.75) is 19.5 Å². The van der Waals surface area contributed by atoms with E-state index in [9.17, 15) is 18.0 Å². The zero-order valence-corrected chi connectivity index (χ0v) is 14.2. The topological polar surface area (TPSA) is 42.0 Å². The van der Waals surface area contributed by atoms with Crippen molar-refractivity contribution in [3.8, 4) is 0 Å². The molecule has 0 aliphatic heterocycles. The van der Waals surface area contributed by atoms with Gasteiger partial charge in [0.1, 0.15) is 0 Å². The number of hydrogen-bond donors (Lipinski definition) is 1.